The molecule has 1 N–H and O–H groups in total. The van der Waals surface area contributed by atoms with Crippen LogP contribution in [-0.2, 0) is 11.3 Å². The number of hydrogen-bond acceptors (Lipinski definition) is 3. The minimum atomic E-state index is -0.280. The first-order chi connectivity index (χ1) is 6.31. The molecule has 0 amide bonds. The quantitative estimate of drug-likeness (QED) is 0.785. The number of benzene rings is 1. The van der Waals surface area contributed by atoms with Gasteiger partial charge in [-0.3, -0.25) is 0 Å². The van der Waals surface area contributed by atoms with Crippen LogP contribution in [0, 0.1) is 5.82 Å². The van der Waals surface area contributed by atoms with Gasteiger partial charge in [-0.2, -0.15) is 0 Å². The van der Waals surface area contributed by atoms with E-state index in [1.807, 2.05) is 0 Å². The Hall–Kier alpha value is -1.00. The second-order valence-corrected chi connectivity index (χ2v) is 2.80. The van der Waals surface area contributed by atoms with Crippen molar-refractivity contribution in [2.24, 2.45) is 0 Å². The third-order valence-corrected chi connectivity index (χ3v) is 1.94. The number of anilines is 1. The van der Waals surface area contributed by atoms with E-state index in [0.29, 0.717) is 18.0 Å². The van der Waals surface area contributed by atoms with E-state index in [4.69, 9.17) is 9.47 Å². The van der Waals surface area contributed by atoms with Crippen molar-refractivity contribution >= 4 is 18.1 Å². The van der Waals surface area contributed by atoms with Crippen LogP contribution in [0.3, 0.4) is 0 Å². The van der Waals surface area contributed by atoms with Crippen molar-refractivity contribution in [3.63, 3.8) is 0 Å². The molecule has 0 radical (unpaired) electrons. The summed E-state index contributed by atoms with van der Waals surface area (Å²) in [6.45, 7) is 0.634. The van der Waals surface area contributed by atoms with Gasteiger partial charge in [-0.1, -0.05) is 0 Å². The molecule has 0 unspecified atom stereocenters. The maximum Gasteiger partial charge on any atom is 0.189 e. The first-order valence-corrected chi connectivity index (χ1v) is 4.02. The summed E-state index contributed by atoms with van der Waals surface area (Å²) in [7, 11) is 1.73. The van der Waals surface area contributed by atoms with E-state index in [2.05, 4.69) is 5.32 Å². The van der Waals surface area contributed by atoms with Crippen molar-refractivity contribution in [2.75, 3.05) is 19.2 Å². The summed E-state index contributed by atoms with van der Waals surface area (Å²) in [5.41, 5.74) is 1.41. The van der Waals surface area contributed by atoms with E-state index in [1.165, 1.54) is 12.1 Å². The van der Waals surface area contributed by atoms with Gasteiger partial charge in [-0.05, 0) is 6.07 Å². The largest absolute Gasteiger partial charge is 0.465 e. The highest BCUT2D eigenvalue weighted by Gasteiger charge is 2.15. The number of nitrogens with one attached hydrogen (secondary N) is 1. The lowest BCUT2D eigenvalue weighted by Crippen LogP contribution is -2.13. The minimum Gasteiger partial charge on any atom is -0.465 e. The van der Waals surface area contributed by atoms with Gasteiger partial charge in [-0.25, -0.2) is 4.39 Å². The summed E-state index contributed by atoms with van der Waals surface area (Å²) in [5.74, 6) is 0.410. The Morgan fingerprint density at radius 2 is 2.21 bits per heavy atom. The average Bonchev–Trinajstić information content (AvgIpc) is 2.16. The van der Waals surface area contributed by atoms with E-state index >= 15 is 0 Å². The summed E-state index contributed by atoms with van der Waals surface area (Å²) in [6.07, 6.45) is 0. The molecule has 1 heterocycles. The highest BCUT2D eigenvalue weighted by atomic mass is 35.5. The number of fused-ring (bicyclic) bond motifs is 1. The first kappa shape index (κ1) is 11.1. The molecular formula is C9H11ClFNO2. The fourth-order valence-electron chi connectivity index (χ4n) is 1.37. The second-order valence-electron chi connectivity index (χ2n) is 2.80. The smallest absolute Gasteiger partial charge is 0.189 e. The number of hydrogen-bond donors (Lipinski definition) is 1. The molecule has 0 fully saturated rings. The number of halogens is 2. The molecule has 2 rings (SSSR count). The van der Waals surface area contributed by atoms with E-state index in [0.717, 1.165) is 5.56 Å². The molecule has 14 heavy (non-hydrogen) atoms. The Morgan fingerprint density at radius 1 is 1.43 bits per heavy atom. The maximum absolute atomic E-state index is 13.0. The molecule has 1 aromatic carbocycles. The van der Waals surface area contributed by atoms with Gasteiger partial charge in [0, 0.05) is 18.7 Å². The molecule has 0 aromatic heterocycles. The highest BCUT2D eigenvalue weighted by Crippen LogP contribution is 2.32. The molecule has 1 aromatic rings. The normalized spacial score (nSPS) is 13.6. The van der Waals surface area contributed by atoms with Gasteiger partial charge in [0.1, 0.15) is 5.82 Å². The molecule has 78 valence electrons. The fourth-order valence-corrected chi connectivity index (χ4v) is 1.37. The lowest BCUT2D eigenvalue weighted by Gasteiger charge is -2.20. The number of rotatable bonds is 1. The fraction of sp³-hybridized carbons (Fsp3) is 0.333. The van der Waals surface area contributed by atoms with Crippen LogP contribution in [0.5, 0.6) is 5.75 Å². The SMILES string of the molecule is CNc1cc(F)cc2c1OCOC2.Cl. The minimum absolute atomic E-state index is 0. The van der Waals surface area contributed by atoms with Crippen molar-refractivity contribution in [1.29, 1.82) is 0 Å². The Kier molecular flexibility index (Phi) is 3.55. The summed E-state index contributed by atoms with van der Waals surface area (Å²) < 4.78 is 23.3. The molecule has 0 saturated carbocycles. The molecular weight excluding hydrogens is 209 g/mol. The Bertz CT molecular complexity index is 316. The van der Waals surface area contributed by atoms with Crippen LogP contribution in [0.2, 0.25) is 0 Å². The second kappa shape index (κ2) is 4.48. The van der Waals surface area contributed by atoms with Crippen LogP contribution in [0.4, 0.5) is 10.1 Å². The van der Waals surface area contributed by atoms with Gasteiger partial charge < -0.3 is 14.8 Å². The monoisotopic (exact) mass is 219 g/mol. The van der Waals surface area contributed by atoms with Crippen LogP contribution in [-0.4, -0.2) is 13.8 Å². The lowest BCUT2D eigenvalue weighted by atomic mass is 10.1. The summed E-state index contributed by atoms with van der Waals surface area (Å²) in [6, 6.07) is 2.83. The zero-order valence-corrected chi connectivity index (χ0v) is 8.49. The third kappa shape index (κ3) is 1.91. The maximum atomic E-state index is 13.0. The van der Waals surface area contributed by atoms with Gasteiger partial charge in [0.05, 0.1) is 12.3 Å². The van der Waals surface area contributed by atoms with E-state index < -0.39 is 0 Å². The standard InChI is InChI=1S/C9H10FNO2.ClH/c1-11-8-3-7(10)2-6-4-12-5-13-9(6)8;/h2-3,11H,4-5H2,1H3;1H. The van der Waals surface area contributed by atoms with Crippen molar-refractivity contribution in [3.05, 3.63) is 23.5 Å². The van der Waals surface area contributed by atoms with Gasteiger partial charge in [0.15, 0.2) is 12.5 Å². The molecule has 0 saturated heterocycles. The van der Waals surface area contributed by atoms with Crippen LogP contribution < -0.4 is 10.1 Å². The zero-order valence-electron chi connectivity index (χ0n) is 7.67. The molecule has 0 bridgehead atoms. The predicted octanol–water partition coefficient (Wildman–Crippen LogP) is 2.16. The van der Waals surface area contributed by atoms with Gasteiger partial charge in [0.2, 0.25) is 0 Å². The highest BCUT2D eigenvalue weighted by molar-refractivity contribution is 5.85. The molecule has 0 atom stereocenters. The van der Waals surface area contributed by atoms with Crippen LogP contribution in [0.1, 0.15) is 5.56 Å². The lowest BCUT2D eigenvalue weighted by molar-refractivity contribution is -0.0160. The van der Waals surface area contributed by atoms with Gasteiger partial charge >= 0.3 is 0 Å². The predicted molar refractivity (Wildman–Crippen MR) is 53.5 cm³/mol. The van der Waals surface area contributed by atoms with E-state index in [-0.39, 0.29) is 25.0 Å². The molecule has 5 heteroatoms. The van der Waals surface area contributed by atoms with Crippen molar-refractivity contribution < 1.29 is 13.9 Å². The van der Waals surface area contributed by atoms with Gasteiger partial charge in [0.25, 0.3) is 0 Å². The molecule has 0 aliphatic carbocycles. The Balaban J connectivity index is 0.000000980. The van der Waals surface area contributed by atoms with E-state index in [1.54, 1.807) is 7.05 Å². The molecule has 0 spiro atoms. The van der Waals surface area contributed by atoms with Crippen LogP contribution in [0.15, 0.2) is 12.1 Å². The van der Waals surface area contributed by atoms with Crippen LogP contribution in [0.25, 0.3) is 0 Å². The van der Waals surface area contributed by atoms with Crippen LogP contribution >= 0.6 is 12.4 Å². The summed E-state index contributed by atoms with van der Waals surface area (Å²) in [4.78, 5) is 0. The Morgan fingerprint density at radius 3 is 2.93 bits per heavy atom. The molecule has 3 nitrogen and oxygen atoms in total. The van der Waals surface area contributed by atoms with Crippen molar-refractivity contribution in [3.8, 4) is 5.75 Å². The summed E-state index contributed by atoms with van der Waals surface area (Å²) >= 11 is 0. The number of ether oxygens (including phenoxy) is 2. The first-order valence-electron chi connectivity index (χ1n) is 4.02. The Labute approximate surface area is 87.6 Å². The van der Waals surface area contributed by atoms with Crippen molar-refractivity contribution in [2.45, 2.75) is 6.61 Å². The van der Waals surface area contributed by atoms with Crippen molar-refractivity contribution in [1.82, 2.24) is 0 Å². The topological polar surface area (TPSA) is 30.5 Å². The average molecular weight is 220 g/mol. The molecule has 1 aliphatic rings. The summed E-state index contributed by atoms with van der Waals surface area (Å²) in [5, 5.41) is 2.88. The third-order valence-electron chi connectivity index (χ3n) is 1.94. The van der Waals surface area contributed by atoms with E-state index in [9.17, 15) is 4.39 Å². The zero-order chi connectivity index (χ0) is 9.26. The van der Waals surface area contributed by atoms with Gasteiger partial charge in [-0.15, -0.1) is 12.4 Å². The molecule has 1 aliphatic heterocycles.